The molecular formula is C13H17N3O7. The van der Waals surface area contributed by atoms with Gasteiger partial charge in [0.25, 0.3) is 0 Å². The van der Waals surface area contributed by atoms with E-state index in [1.54, 1.807) is 0 Å². The minimum atomic E-state index is -1.05. The van der Waals surface area contributed by atoms with Crippen molar-refractivity contribution in [1.29, 1.82) is 0 Å². The van der Waals surface area contributed by atoms with Crippen LogP contribution in [0.3, 0.4) is 0 Å². The number of aromatic nitrogens is 3. The highest BCUT2D eigenvalue weighted by Crippen LogP contribution is 2.30. The molecule has 0 aliphatic carbocycles. The molecule has 0 radical (unpaired) electrons. The van der Waals surface area contributed by atoms with Gasteiger partial charge in [0.05, 0.1) is 12.8 Å². The molecule has 10 nitrogen and oxygen atoms in total. The van der Waals surface area contributed by atoms with Crippen LogP contribution in [0, 0.1) is 0 Å². The maximum atomic E-state index is 11.4. The monoisotopic (exact) mass is 327 g/mol. The Hall–Kier alpha value is -2.49. The van der Waals surface area contributed by atoms with Gasteiger partial charge in [-0.15, -0.1) is 5.10 Å². The first kappa shape index (κ1) is 16.9. The van der Waals surface area contributed by atoms with Crippen molar-refractivity contribution in [3.05, 3.63) is 12.4 Å². The van der Waals surface area contributed by atoms with E-state index in [1.165, 1.54) is 37.8 Å². The van der Waals surface area contributed by atoms with Crippen LogP contribution in [0.25, 0.3) is 0 Å². The Morgan fingerprint density at radius 1 is 1.04 bits per heavy atom. The molecule has 10 heteroatoms. The Kier molecular flexibility index (Phi) is 5.27. The third-order valence-electron chi connectivity index (χ3n) is 3.03. The molecule has 1 aliphatic rings. The summed E-state index contributed by atoms with van der Waals surface area (Å²) < 4.78 is 22.5. The molecule has 0 spiro atoms. The van der Waals surface area contributed by atoms with Gasteiger partial charge in [0.1, 0.15) is 0 Å². The minimum Gasteiger partial charge on any atom is -0.456 e. The number of hydrogen-bond donors (Lipinski definition) is 0. The van der Waals surface area contributed by atoms with E-state index in [0.717, 1.165) is 0 Å². The van der Waals surface area contributed by atoms with Crippen LogP contribution in [-0.4, -0.2) is 57.8 Å². The maximum absolute atomic E-state index is 11.4. The predicted molar refractivity (Wildman–Crippen MR) is 71.7 cm³/mol. The lowest BCUT2D eigenvalue weighted by Crippen LogP contribution is -2.55. The standard InChI is InChI=1S/C13H17N3O7/c1-7(17)21-10-6-20-13(16-5-4-14-15-16)12(23-9(3)19)11(10)22-8(2)18/h4-5,10-13H,6H2,1-3H3. The number of hydrogen-bond acceptors (Lipinski definition) is 9. The molecule has 23 heavy (non-hydrogen) atoms. The summed E-state index contributed by atoms with van der Waals surface area (Å²) in [6.45, 7) is 3.57. The van der Waals surface area contributed by atoms with E-state index in [1.807, 2.05) is 0 Å². The average Bonchev–Trinajstić information content (AvgIpc) is 2.94. The van der Waals surface area contributed by atoms with Crippen molar-refractivity contribution in [1.82, 2.24) is 15.0 Å². The number of carbonyl (C=O) groups is 3. The van der Waals surface area contributed by atoms with E-state index < -0.39 is 42.4 Å². The third kappa shape index (κ3) is 4.25. The number of rotatable bonds is 4. The fourth-order valence-electron chi connectivity index (χ4n) is 2.30. The zero-order valence-corrected chi connectivity index (χ0v) is 12.9. The first-order valence-electron chi connectivity index (χ1n) is 6.87. The highest BCUT2D eigenvalue weighted by Gasteiger charge is 2.47. The molecule has 4 atom stereocenters. The summed E-state index contributed by atoms with van der Waals surface area (Å²) >= 11 is 0. The van der Waals surface area contributed by atoms with Gasteiger partial charge in [0.2, 0.25) is 0 Å². The van der Waals surface area contributed by atoms with Gasteiger partial charge >= 0.3 is 17.9 Å². The highest BCUT2D eigenvalue weighted by atomic mass is 16.6. The van der Waals surface area contributed by atoms with Crippen molar-refractivity contribution in [2.24, 2.45) is 0 Å². The topological polar surface area (TPSA) is 119 Å². The molecule has 1 fully saturated rings. The molecule has 0 aromatic carbocycles. The SMILES string of the molecule is CC(=O)OC1COC(n2ccnn2)C(OC(C)=O)C1OC(C)=O. The quantitative estimate of drug-likeness (QED) is 0.537. The van der Waals surface area contributed by atoms with E-state index in [-0.39, 0.29) is 6.61 Å². The summed E-state index contributed by atoms with van der Waals surface area (Å²) in [5.41, 5.74) is 0. The van der Waals surface area contributed by atoms with Gasteiger partial charge in [0, 0.05) is 27.0 Å². The fraction of sp³-hybridized carbons (Fsp3) is 0.615. The molecule has 2 heterocycles. The zero-order valence-electron chi connectivity index (χ0n) is 12.9. The maximum Gasteiger partial charge on any atom is 0.303 e. The molecule has 0 amide bonds. The molecule has 0 N–H and O–H groups in total. The van der Waals surface area contributed by atoms with Crippen LogP contribution in [-0.2, 0) is 33.3 Å². The molecule has 1 aromatic rings. The van der Waals surface area contributed by atoms with Gasteiger partial charge in [-0.3, -0.25) is 14.4 Å². The molecular weight excluding hydrogens is 310 g/mol. The largest absolute Gasteiger partial charge is 0.456 e. The van der Waals surface area contributed by atoms with Crippen molar-refractivity contribution in [2.75, 3.05) is 6.61 Å². The third-order valence-corrected chi connectivity index (χ3v) is 3.03. The molecule has 4 unspecified atom stereocenters. The average molecular weight is 327 g/mol. The summed E-state index contributed by atoms with van der Waals surface area (Å²) in [7, 11) is 0. The van der Waals surface area contributed by atoms with E-state index in [4.69, 9.17) is 18.9 Å². The molecule has 126 valence electrons. The second-order valence-corrected chi connectivity index (χ2v) is 4.90. The van der Waals surface area contributed by atoms with Crippen molar-refractivity contribution in [3.8, 4) is 0 Å². The summed E-state index contributed by atoms with van der Waals surface area (Å²) in [6.07, 6.45) is -0.900. The van der Waals surface area contributed by atoms with Gasteiger partial charge in [-0.1, -0.05) is 5.21 Å². The second-order valence-electron chi connectivity index (χ2n) is 4.90. The fourth-order valence-corrected chi connectivity index (χ4v) is 2.30. The van der Waals surface area contributed by atoms with Gasteiger partial charge < -0.3 is 18.9 Å². The number of ether oxygens (including phenoxy) is 4. The lowest BCUT2D eigenvalue weighted by molar-refractivity contribution is -0.241. The van der Waals surface area contributed by atoms with Crippen LogP contribution >= 0.6 is 0 Å². The van der Waals surface area contributed by atoms with E-state index >= 15 is 0 Å². The van der Waals surface area contributed by atoms with Crippen molar-refractivity contribution >= 4 is 17.9 Å². The predicted octanol–water partition coefficient (Wildman–Crippen LogP) is -0.398. The molecule has 0 saturated carbocycles. The van der Waals surface area contributed by atoms with Crippen LogP contribution in [0.2, 0.25) is 0 Å². The Morgan fingerprint density at radius 3 is 2.17 bits per heavy atom. The van der Waals surface area contributed by atoms with Crippen LogP contribution in [0.1, 0.15) is 27.0 Å². The van der Waals surface area contributed by atoms with Crippen molar-refractivity contribution in [3.63, 3.8) is 0 Å². The summed E-state index contributed by atoms with van der Waals surface area (Å²) in [6, 6.07) is 0. The van der Waals surface area contributed by atoms with Gasteiger partial charge in [0.15, 0.2) is 24.5 Å². The Bertz CT molecular complexity index is 574. The van der Waals surface area contributed by atoms with Crippen LogP contribution in [0.5, 0.6) is 0 Å². The Morgan fingerprint density at radius 2 is 1.65 bits per heavy atom. The molecule has 0 bridgehead atoms. The lowest BCUT2D eigenvalue weighted by atomic mass is 10.0. The summed E-state index contributed by atoms with van der Waals surface area (Å²) in [5.74, 6) is -1.79. The van der Waals surface area contributed by atoms with Gasteiger partial charge in [-0.25, -0.2) is 4.68 Å². The van der Waals surface area contributed by atoms with E-state index in [9.17, 15) is 14.4 Å². The molecule has 2 rings (SSSR count). The molecule has 1 saturated heterocycles. The van der Waals surface area contributed by atoms with Gasteiger partial charge in [-0.2, -0.15) is 0 Å². The Labute approximate surface area is 131 Å². The second kappa shape index (κ2) is 7.18. The first-order chi connectivity index (χ1) is 10.9. The summed E-state index contributed by atoms with van der Waals surface area (Å²) in [5, 5.41) is 7.46. The minimum absolute atomic E-state index is 0.0557. The van der Waals surface area contributed by atoms with Crippen LogP contribution in [0.15, 0.2) is 12.4 Å². The van der Waals surface area contributed by atoms with Gasteiger partial charge in [-0.05, 0) is 0 Å². The van der Waals surface area contributed by atoms with Crippen molar-refractivity contribution < 1.29 is 33.3 Å². The number of carbonyl (C=O) groups excluding carboxylic acids is 3. The summed E-state index contributed by atoms with van der Waals surface area (Å²) in [4.78, 5) is 34.0. The van der Waals surface area contributed by atoms with Crippen LogP contribution in [0.4, 0.5) is 0 Å². The first-order valence-corrected chi connectivity index (χ1v) is 6.87. The normalized spacial score (nSPS) is 27.1. The smallest absolute Gasteiger partial charge is 0.303 e. The lowest BCUT2D eigenvalue weighted by Gasteiger charge is -2.40. The van der Waals surface area contributed by atoms with Crippen LogP contribution < -0.4 is 0 Å². The van der Waals surface area contributed by atoms with E-state index in [2.05, 4.69) is 10.3 Å². The Balaban J connectivity index is 2.31. The molecule has 1 aromatic heterocycles. The number of nitrogens with zero attached hydrogens (tertiary/aromatic N) is 3. The zero-order chi connectivity index (χ0) is 17.0. The molecule has 1 aliphatic heterocycles. The highest BCUT2D eigenvalue weighted by molar-refractivity contribution is 5.68. The van der Waals surface area contributed by atoms with E-state index in [0.29, 0.717) is 0 Å². The van der Waals surface area contributed by atoms with Crippen molar-refractivity contribution in [2.45, 2.75) is 45.3 Å². The number of esters is 3.